The Kier molecular flexibility index (Phi) is 5.77. The van der Waals surface area contributed by atoms with Crippen LogP contribution in [0.4, 0.5) is 0 Å². The molecule has 0 aromatic rings. The van der Waals surface area contributed by atoms with Crippen molar-refractivity contribution in [2.75, 3.05) is 13.1 Å². The third kappa shape index (κ3) is 3.41. The van der Waals surface area contributed by atoms with Crippen LogP contribution in [0.2, 0.25) is 0 Å². The highest BCUT2D eigenvalue weighted by atomic mass is 16.3. The van der Waals surface area contributed by atoms with E-state index in [0.717, 1.165) is 49.0 Å². The Hall–Kier alpha value is -0.340. The van der Waals surface area contributed by atoms with E-state index in [-0.39, 0.29) is 6.10 Å². The van der Waals surface area contributed by atoms with E-state index < -0.39 is 0 Å². The molecular weight excluding hydrogens is 342 g/mol. The van der Waals surface area contributed by atoms with Crippen LogP contribution in [0.5, 0.6) is 0 Å². The lowest BCUT2D eigenvalue weighted by Crippen LogP contribution is -2.50. The van der Waals surface area contributed by atoms with Gasteiger partial charge >= 0.3 is 0 Å². The number of nitrogens with one attached hydrogen (secondary N) is 1. The van der Waals surface area contributed by atoms with Gasteiger partial charge in [-0.1, -0.05) is 46.3 Å². The molecule has 3 saturated carbocycles. The quantitative estimate of drug-likeness (QED) is 0.584. The third-order valence-corrected chi connectivity index (χ3v) is 9.83. The lowest BCUT2D eigenvalue weighted by molar-refractivity contribution is -0.0424. The Balaban J connectivity index is 1.50. The number of allylic oxidation sites excluding steroid dienone is 2. The second-order valence-electron chi connectivity index (χ2n) is 11.9. The number of hydrogen-bond acceptors (Lipinski definition) is 2. The summed E-state index contributed by atoms with van der Waals surface area (Å²) in [7, 11) is 0. The fourth-order valence-electron chi connectivity index (χ4n) is 8.21. The van der Waals surface area contributed by atoms with E-state index in [1.807, 2.05) is 5.57 Å². The van der Waals surface area contributed by atoms with Crippen molar-refractivity contribution in [1.29, 1.82) is 0 Å². The maximum absolute atomic E-state index is 10.2. The molecule has 2 nitrogen and oxygen atoms in total. The number of rotatable bonds is 5. The van der Waals surface area contributed by atoms with Crippen molar-refractivity contribution in [2.45, 2.75) is 92.1 Å². The molecule has 4 aliphatic carbocycles. The zero-order chi connectivity index (χ0) is 20.1. The summed E-state index contributed by atoms with van der Waals surface area (Å²) in [4.78, 5) is 0. The Labute approximate surface area is 173 Å². The van der Waals surface area contributed by atoms with Crippen LogP contribution in [-0.4, -0.2) is 24.3 Å². The molecule has 0 spiro atoms. The molecule has 3 fully saturated rings. The summed E-state index contributed by atoms with van der Waals surface area (Å²) in [5.74, 6) is 4.73. The molecule has 2 N–H and O–H groups in total. The van der Waals surface area contributed by atoms with Crippen LogP contribution in [0.1, 0.15) is 86.0 Å². The fraction of sp³-hybridized carbons (Fsp3) is 0.923. The van der Waals surface area contributed by atoms with Crippen LogP contribution in [0.25, 0.3) is 0 Å². The van der Waals surface area contributed by atoms with Crippen molar-refractivity contribution in [3.8, 4) is 0 Å². The lowest BCUT2D eigenvalue weighted by Gasteiger charge is -2.57. The van der Waals surface area contributed by atoms with Crippen LogP contribution in [0, 0.1) is 46.3 Å². The number of hydrogen-bond donors (Lipinski definition) is 2. The second kappa shape index (κ2) is 7.73. The van der Waals surface area contributed by atoms with E-state index >= 15 is 0 Å². The molecule has 0 aromatic heterocycles. The van der Waals surface area contributed by atoms with Crippen LogP contribution < -0.4 is 5.32 Å². The second-order valence-corrected chi connectivity index (χ2v) is 11.9. The Bertz CT molecular complexity index is 597. The standard InChI is InChI=1S/C26H45NO/c1-17(2)15-27-16-18(3)22-8-9-23-21-7-6-19-14-20(28)10-12-25(19,4)24(21)11-13-26(22,23)5/h7,17-20,22-24,27-28H,6,8-16H2,1-5H3/t18-,19+,20+,22-,23+,24+,25+,26-/m1/s1. The molecule has 2 heteroatoms. The molecule has 4 rings (SSSR count). The van der Waals surface area contributed by atoms with Crippen LogP contribution in [0.3, 0.4) is 0 Å². The summed E-state index contributed by atoms with van der Waals surface area (Å²) in [6.07, 6.45) is 12.8. The van der Waals surface area contributed by atoms with Gasteiger partial charge in [-0.2, -0.15) is 0 Å². The Morgan fingerprint density at radius 2 is 1.71 bits per heavy atom. The summed E-state index contributed by atoms with van der Waals surface area (Å²) in [6, 6.07) is 0. The van der Waals surface area contributed by atoms with Crippen LogP contribution in [-0.2, 0) is 0 Å². The molecular formula is C26H45NO. The molecule has 0 aliphatic heterocycles. The SMILES string of the molecule is CC(C)CNC[C@@H](C)[C@H]1CC[C@H]2C3=CC[C@H]4C[C@@H](O)CC[C@]4(C)[C@H]3CC[C@]12C. The molecule has 0 heterocycles. The first-order valence-electron chi connectivity index (χ1n) is 12.3. The van der Waals surface area contributed by atoms with Crippen LogP contribution in [0.15, 0.2) is 11.6 Å². The first-order valence-corrected chi connectivity index (χ1v) is 12.3. The molecule has 8 atom stereocenters. The van der Waals surface area contributed by atoms with Crippen molar-refractivity contribution < 1.29 is 5.11 Å². The summed E-state index contributed by atoms with van der Waals surface area (Å²) in [5.41, 5.74) is 2.82. The largest absolute Gasteiger partial charge is 0.393 e. The first kappa shape index (κ1) is 20.9. The molecule has 0 saturated heterocycles. The minimum absolute atomic E-state index is 0.0445. The minimum atomic E-state index is -0.0445. The van der Waals surface area contributed by atoms with E-state index in [2.05, 4.69) is 46.0 Å². The minimum Gasteiger partial charge on any atom is -0.393 e. The van der Waals surface area contributed by atoms with Crippen molar-refractivity contribution in [2.24, 2.45) is 46.3 Å². The maximum atomic E-state index is 10.2. The maximum Gasteiger partial charge on any atom is 0.0543 e. The Morgan fingerprint density at radius 1 is 1.00 bits per heavy atom. The molecule has 4 aliphatic rings. The third-order valence-electron chi connectivity index (χ3n) is 9.83. The number of aliphatic hydroxyl groups is 1. The van der Waals surface area contributed by atoms with E-state index in [1.165, 1.54) is 45.1 Å². The summed E-state index contributed by atoms with van der Waals surface area (Å²) in [5, 5.41) is 14.0. The molecule has 0 amide bonds. The van der Waals surface area contributed by atoms with Gasteiger partial charge in [-0.15, -0.1) is 0 Å². The van der Waals surface area contributed by atoms with Gasteiger partial charge < -0.3 is 10.4 Å². The van der Waals surface area contributed by atoms with Gasteiger partial charge in [0.1, 0.15) is 0 Å². The van der Waals surface area contributed by atoms with Gasteiger partial charge in [0, 0.05) is 0 Å². The van der Waals surface area contributed by atoms with Gasteiger partial charge in [0.2, 0.25) is 0 Å². The van der Waals surface area contributed by atoms with Gasteiger partial charge in [-0.05, 0) is 111 Å². The summed E-state index contributed by atoms with van der Waals surface area (Å²) in [6.45, 7) is 14.7. The lowest BCUT2D eigenvalue weighted by atomic mass is 9.47. The van der Waals surface area contributed by atoms with E-state index in [9.17, 15) is 5.11 Å². The molecule has 28 heavy (non-hydrogen) atoms. The van der Waals surface area contributed by atoms with Gasteiger partial charge in [0.15, 0.2) is 0 Å². The predicted octanol–water partition coefficient (Wildman–Crippen LogP) is 5.81. The van der Waals surface area contributed by atoms with Crippen molar-refractivity contribution >= 4 is 0 Å². The highest BCUT2D eigenvalue weighted by Gasteiger charge is 2.58. The topological polar surface area (TPSA) is 32.3 Å². The summed E-state index contributed by atoms with van der Waals surface area (Å²) < 4.78 is 0. The first-order chi connectivity index (χ1) is 13.3. The van der Waals surface area contributed by atoms with E-state index in [4.69, 9.17) is 0 Å². The molecule has 0 aromatic carbocycles. The van der Waals surface area contributed by atoms with Crippen molar-refractivity contribution in [3.63, 3.8) is 0 Å². The smallest absolute Gasteiger partial charge is 0.0543 e. The number of fused-ring (bicyclic) bond motifs is 5. The monoisotopic (exact) mass is 387 g/mol. The average Bonchev–Trinajstić information content (AvgIpc) is 2.99. The normalized spacial score (nSPS) is 46.5. The molecule has 0 bridgehead atoms. The fourth-order valence-corrected chi connectivity index (χ4v) is 8.21. The van der Waals surface area contributed by atoms with Crippen molar-refractivity contribution in [1.82, 2.24) is 5.32 Å². The Morgan fingerprint density at radius 3 is 2.46 bits per heavy atom. The van der Waals surface area contributed by atoms with E-state index in [0.29, 0.717) is 16.7 Å². The zero-order valence-corrected chi connectivity index (χ0v) is 19.1. The van der Waals surface area contributed by atoms with Gasteiger partial charge in [-0.3, -0.25) is 0 Å². The molecule has 0 radical (unpaired) electrons. The van der Waals surface area contributed by atoms with Crippen LogP contribution >= 0.6 is 0 Å². The molecule has 160 valence electrons. The highest BCUT2D eigenvalue weighted by Crippen LogP contribution is 2.66. The average molecular weight is 388 g/mol. The van der Waals surface area contributed by atoms with E-state index in [1.54, 1.807) is 0 Å². The van der Waals surface area contributed by atoms with Crippen molar-refractivity contribution in [3.05, 3.63) is 11.6 Å². The summed E-state index contributed by atoms with van der Waals surface area (Å²) >= 11 is 0. The van der Waals surface area contributed by atoms with Gasteiger partial charge in [-0.25, -0.2) is 0 Å². The van der Waals surface area contributed by atoms with Gasteiger partial charge in [0.05, 0.1) is 6.10 Å². The highest BCUT2D eigenvalue weighted by molar-refractivity contribution is 5.27. The molecule has 0 unspecified atom stereocenters. The predicted molar refractivity (Wildman–Crippen MR) is 118 cm³/mol. The van der Waals surface area contributed by atoms with Gasteiger partial charge in [0.25, 0.3) is 0 Å². The number of aliphatic hydroxyl groups excluding tert-OH is 1. The zero-order valence-electron chi connectivity index (χ0n) is 19.1.